The third-order valence-corrected chi connectivity index (χ3v) is 8.48. The van der Waals surface area contributed by atoms with Gasteiger partial charge in [0.1, 0.15) is 17.6 Å². The van der Waals surface area contributed by atoms with Crippen molar-refractivity contribution in [2.45, 2.75) is 23.8 Å². The van der Waals surface area contributed by atoms with Crippen LogP contribution >= 0.6 is 7.37 Å². The molecular weight excluding hydrogens is 493 g/mol. The Labute approximate surface area is 214 Å². The van der Waals surface area contributed by atoms with E-state index in [0.717, 1.165) is 16.7 Å². The third-order valence-electron chi connectivity index (χ3n) is 5.82. The predicted octanol–water partition coefficient (Wildman–Crippen LogP) is 6.34. The van der Waals surface area contributed by atoms with Gasteiger partial charge in [0, 0.05) is 23.3 Å². The molecule has 4 aromatic rings. The van der Waals surface area contributed by atoms with Crippen LogP contribution in [-0.2, 0) is 19.9 Å². The van der Waals surface area contributed by atoms with Gasteiger partial charge in [0.05, 0.1) is 12.3 Å². The Hall–Kier alpha value is -2.80. The minimum absolute atomic E-state index is 0.223. The van der Waals surface area contributed by atoms with Crippen LogP contribution in [-0.4, -0.2) is 21.8 Å². The van der Waals surface area contributed by atoms with Gasteiger partial charge >= 0.3 is 0 Å². The summed E-state index contributed by atoms with van der Waals surface area (Å²) in [6.45, 7) is 0. The summed E-state index contributed by atoms with van der Waals surface area (Å²) in [5, 5.41) is 14.8. The van der Waals surface area contributed by atoms with Crippen LogP contribution in [0.3, 0.4) is 0 Å². The van der Waals surface area contributed by atoms with Crippen molar-refractivity contribution in [3.63, 3.8) is 0 Å². The van der Waals surface area contributed by atoms with E-state index in [9.17, 15) is 13.9 Å². The summed E-state index contributed by atoms with van der Waals surface area (Å²) >= 11 is 0. The molecule has 1 saturated heterocycles. The second-order valence-electron chi connectivity index (χ2n) is 8.58. The number of furan rings is 1. The maximum Gasteiger partial charge on any atom is 0.259 e. The summed E-state index contributed by atoms with van der Waals surface area (Å²) in [6, 6.07) is 32.2. The predicted molar refractivity (Wildman–Crippen MR) is 143 cm³/mol. The number of benzene rings is 3. The van der Waals surface area contributed by atoms with Gasteiger partial charge in [-0.1, -0.05) is 91.0 Å². The molecule has 36 heavy (non-hydrogen) atoms. The highest BCUT2D eigenvalue weighted by molar-refractivity contribution is 7.83. The van der Waals surface area contributed by atoms with Crippen LogP contribution in [0, 0.1) is 0 Å². The standard InChI is InChI=1S/C26H24NO4P.C2H6OS/c28-26(22-17-10-18-30-22)32(29)25(21-15-8-3-9-16-21)27-23(19-11-4-1-5-12-19)24(31-32)20-13-6-2-7-14-20;1-4(2)3/h1-18,23-28H;1-2H3/t23-,24+,25-,26-,32+;/m0./s1. The number of hydrogen-bond acceptors (Lipinski definition) is 6. The summed E-state index contributed by atoms with van der Waals surface area (Å²) < 4.78 is 36.0. The quantitative estimate of drug-likeness (QED) is 0.297. The summed E-state index contributed by atoms with van der Waals surface area (Å²) in [5.41, 5.74) is 2.68. The normalized spacial score (nSPS) is 24.5. The van der Waals surface area contributed by atoms with E-state index in [-0.39, 0.29) is 11.8 Å². The van der Waals surface area contributed by atoms with E-state index in [2.05, 4.69) is 5.32 Å². The Morgan fingerprint density at radius 2 is 1.31 bits per heavy atom. The Bertz CT molecular complexity index is 1280. The van der Waals surface area contributed by atoms with Gasteiger partial charge < -0.3 is 14.0 Å². The molecule has 2 heterocycles. The highest BCUT2D eigenvalue weighted by Crippen LogP contribution is 2.73. The van der Waals surface area contributed by atoms with Gasteiger partial charge in [-0.25, -0.2) is 0 Å². The van der Waals surface area contributed by atoms with Crippen molar-refractivity contribution < 1.29 is 22.8 Å². The fraction of sp³-hybridized carbons (Fsp3) is 0.214. The molecule has 0 unspecified atom stereocenters. The molecule has 188 valence electrons. The Morgan fingerprint density at radius 3 is 1.81 bits per heavy atom. The van der Waals surface area contributed by atoms with E-state index >= 15 is 0 Å². The molecule has 5 atom stereocenters. The first-order valence-electron chi connectivity index (χ1n) is 11.6. The molecule has 0 radical (unpaired) electrons. The Balaban J connectivity index is 0.000000709. The third kappa shape index (κ3) is 5.94. The molecule has 3 aromatic carbocycles. The number of nitrogens with one attached hydrogen (secondary N) is 1. The average molecular weight is 524 g/mol. The fourth-order valence-electron chi connectivity index (χ4n) is 4.24. The van der Waals surface area contributed by atoms with Gasteiger partial charge in [-0.15, -0.1) is 0 Å². The molecule has 0 amide bonds. The number of aliphatic hydroxyl groups is 1. The smallest absolute Gasteiger partial charge is 0.259 e. The van der Waals surface area contributed by atoms with Gasteiger partial charge in [-0.2, -0.15) is 0 Å². The zero-order valence-corrected chi connectivity index (χ0v) is 21.8. The van der Waals surface area contributed by atoms with Crippen LogP contribution in [0.15, 0.2) is 114 Å². The van der Waals surface area contributed by atoms with E-state index in [1.165, 1.54) is 6.26 Å². The van der Waals surface area contributed by atoms with Crippen LogP contribution in [0.5, 0.6) is 0 Å². The Morgan fingerprint density at radius 1 is 0.806 bits per heavy atom. The minimum atomic E-state index is -3.75. The first-order valence-corrected chi connectivity index (χ1v) is 15.3. The lowest BCUT2D eigenvalue weighted by molar-refractivity contribution is 0.0937. The van der Waals surface area contributed by atoms with Crippen molar-refractivity contribution in [1.29, 1.82) is 0 Å². The maximum atomic E-state index is 14.5. The molecule has 1 fully saturated rings. The van der Waals surface area contributed by atoms with Crippen LogP contribution in [0.4, 0.5) is 0 Å². The van der Waals surface area contributed by atoms with Gasteiger partial charge in [0.15, 0.2) is 5.85 Å². The van der Waals surface area contributed by atoms with Gasteiger partial charge in [0.2, 0.25) is 0 Å². The molecule has 8 heteroatoms. The van der Waals surface area contributed by atoms with Gasteiger partial charge in [0.25, 0.3) is 7.37 Å². The SMILES string of the molecule is CS(C)=O.O=[P@@]1([C@H](O)c2ccco2)O[C@H](c2ccccc2)[C@H](c2ccccc2)N[C@@H]1c1ccccc1. The molecule has 5 rings (SSSR count). The molecule has 2 N–H and O–H groups in total. The number of hydrogen-bond donors (Lipinski definition) is 2. The number of rotatable bonds is 5. The Kier molecular flexibility index (Phi) is 8.72. The molecule has 0 aliphatic carbocycles. The molecule has 0 spiro atoms. The van der Waals surface area contributed by atoms with Crippen LogP contribution in [0.1, 0.15) is 46.2 Å². The summed E-state index contributed by atoms with van der Waals surface area (Å²) in [4.78, 5) is 0. The fourth-order valence-corrected chi connectivity index (χ4v) is 6.82. The van der Waals surface area contributed by atoms with Crippen molar-refractivity contribution in [2.75, 3.05) is 12.5 Å². The highest BCUT2D eigenvalue weighted by Gasteiger charge is 2.52. The van der Waals surface area contributed by atoms with Crippen molar-refractivity contribution in [3.05, 3.63) is 132 Å². The molecule has 1 aliphatic rings. The van der Waals surface area contributed by atoms with E-state index in [4.69, 9.17) is 8.94 Å². The summed E-state index contributed by atoms with van der Waals surface area (Å²) in [5.74, 6) is -1.90. The highest BCUT2D eigenvalue weighted by atomic mass is 32.2. The van der Waals surface area contributed by atoms with Crippen molar-refractivity contribution in [3.8, 4) is 0 Å². The lowest BCUT2D eigenvalue weighted by Crippen LogP contribution is -2.38. The van der Waals surface area contributed by atoms with Gasteiger partial charge in [-0.3, -0.25) is 14.1 Å². The zero-order valence-electron chi connectivity index (χ0n) is 20.1. The monoisotopic (exact) mass is 523 g/mol. The van der Waals surface area contributed by atoms with E-state index in [0.29, 0.717) is 0 Å². The lowest BCUT2D eigenvalue weighted by Gasteiger charge is -2.44. The largest absolute Gasteiger partial charge is 0.466 e. The van der Waals surface area contributed by atoms with Crippen molar-refractivity contribution >= 4 is 18.2 Å². The summed E-state index contributed by atoms with van der Waals surface area (Å²) in [6.07, 6.45) is 4.18. The zero-order chi connectivity index (χ0) is 25.5. The second kappa shape index (κ2) is 12.0. The van der Waals surface area contributed by atoms with Crippen molar-refractivity contribution in [1.82, 2.24) is 5.32 Å². The molecule has 0 bridgehead atoms. The van der Waals surface area contributed by atoms with Crippen molar-refractivity contribution in [2.24, 2.45) is 0 Å². The van der Waals surface area contributed by atoms with Gasteiger partial charge in [-0.05, 0) is 28.8 Å². The number of aliphatic hydroxyl groups excluding tert-OH is 1. The minimum Gasteiger partial charge on any atom is -0.466 e. The average Bonchev–Trinajstić information content (AvgIpc) is 3.44. The summed E-state index contributed by atoms with van der Waals surface area (Å²) in [7, 11) is -4.37. The first-order chi connectivity index (χ1) is 17.4. The molecule has 0 saturated carbocycles. The van der Waals surface area contributed by atoms with E-state index in [1.807, 2.05) is 91.0 Å². The molecule has 6 nitrogen and oxygen atoms in total. The van der Waals surface area contributed by atoms with Crippen LogP contribution < -0.4 is 5.32 Å². The van der Waals surface area contributed by atoms with E-state index in [1.54, 1.807) is 24.6 Å². The van der Waals surface area contributed by atoms with E-state index < -0.39 is 35.9 Å². The second-order valence-corrected chi connectivity index (χ2v) is 12.6. The van der Waals surface area contributed by atoms with Crippen LogP contribution in [0.25, 0.3) is 0 Å². The topological polar surface area (TPSA) is 88.8 Å². The van der Waals surface area contributed by atoms with Crippen LogP contribution in [0.2, 0.25) is 0 Å². The maximum absolute atomic E-state index is 14.5. The molecule has 1 aliphatic heterocycles. The lowest BCUT2D eigenvalue weighted by atomic mass is 9.95. The first kappa shape index (κ1) is 26.3. The molecular formula is C28H30NO5PS. The molecule has 1 aromatic heterocycles.